The van der Waals surface area contributed by atoms with Gasteiger partial charge in [0.25, 0.3) is 10.2 Å². The second-order valence-electron chi connectivity index (χ2n) is 3.88. The maximum atomic E-state index is 10.5. The first kappa shape index (κ1) is 15.3. The third-order valence-electron chi connectivity index (χ3n) is 2.51. The minimum atomic E-state index is -2.87. The lowest BCUT2D eigenvalue weighted by Crippen LogP contribution is -2.53. The van der Waals surface area contributed by atoms with E-state index in [1.54, 1.807) is 0 Å². The number of rotatable bonds is 6. The number of hydrogen-bond donors (Lipinski definition) is 2. The van der Waals surface area contributed by atoms with E-state index in [9.17, 15) is 30.4 Å². The van der Waals surface area contributed by atoms with E-state index >= 15 is 0 Å². The highest BCUT2D eigenvalue weighted by Crippen LogP contribution is 2.33. The summed E-state index contributed by atoms with van der Waals surface area (Å²) >= 11 is 0. The van der Waals surface area contributed by atoms with Gasteiger partial charge in [-0.3, -0.25) is 14.7 Å². The molecule has 0 aliphatic carbocycles. The lowest BCUT2D eigenvalue weighted by molar-refractivity contribution is -0.820. The third kappa shape index (κ3) is 2.84. The zero-order valence-corrected chi connectivity index (χ0v) is 10.5. The number of nitrogens with zero attached hydrogens (tertiary/aromatic N) is 4. The Morgan fingerprint density at radius 1 is 1.36 bits per heavy atom. The molecular weight excluding hydrogens is 308 g/mol. The first-order valence-electron chi connectivity index (χ1n) is 5.53. The Morgan fingerprint density at radius 3 is 2.59 bits per heavy atom. The van der Waals surface area contributed by atoms with Gasteiger partial charge in [-0.1, -0.05) is 0 Å². The van der Waals surface area contributed by atoms with Crippen molar-refractivity contribution in [3.63, 3.8) is 0 Å². The Balaban J connectivity index is 2.45. The molecule has 0 saturated heterocycles. The van der Waals surface area contributed by atoms with Crippen molar-refractivity contribution in [3.05, 3.63) is 50.3 Å². The van der Waals surface area contributed by atoms with Crippen molar-refractivity contribution in [1.82, 2.24) is 4.98 Å². The highest BCUT2D eigenvalue weighted by Gasteiger charge is 2.58. The van der Waals surface area contributed by atoms with E-state index in [1.165, 1.54) is 24.5 Å². The van der Waals surface area contributed by atoms with Gasteiger partial charge in [0.15, 0.2) is 0 Å². The molecule has 0 saturated carbocycles. The van der Waals surface area contributed by atoms with E-state index in [-0.39, 0.29) is 5.56 Å². The SMILES string of the molecule is O=[N+]([O-])OC1OC(c2cccnc2)=NC1(O[N+](=O)[O-])C(O)O. The van der Waals surface area contributed by atoms with Crippen LogP contribution in [0.5, 0.6) is 0 Å². The van der Waals surface area contributed by atoms with Gasteiger partial charge in [-0.25, -0.2) is 4.99 Å². The molecule has 1 aliphatic rings. The van der Waals surface area contributed by atoms with Crippen LogP contribution in [0.25, 0.3) is 0 Å². The summed E-state index contributed by atoms with van der Waals surface area (Å²) in [6.45, 7) is 0. The fraction of sp³-hybridized carbons (Fsp3) is 0.333. The van der Waals surface area contributed by atoms with E-state index in [0.717, 1.165) is 0 Å². The summed E-state index contributed by atoms with van der Waals surface area (Å²) in [7, 11) is 0. The highest BCUT2D eigenvalue weighted by molar-refractivity contribution is 5.95. The molecule has 0 amide bonds. The highest BCUT2D eigenvalue weighted by atomic mass is 17.0. The Hall–Kier alpha value is -3.06. The number of pyridine rings is 1. The molecule has 13 nitrogen and oxygen atoms in total. The normalized spacial score (nSPS) is 23.6. The van der Waals surface area contributed by atoms with Crippen LogP contribution in [0.3, 0.4) is 0 Å². The molecule has 2 atom stereocenters. The molecule has 0 spiro atoms. The molecule has 118 valence electrons. The van der Waals surface area contributed by atoms with Crippen LogP contribution in [0.15, 0.2) is 29.5 Å². The number of aromatic nitrogens is 1. The van der Waals surface area contributed by atoms with E-state index in [1.807, 2.05) is 0 Å². The van der Waals surface area contributed by atoms with E-state index in [4.69, 9.17) is 4.74 Å². The van der Waals surface area contributed by atoms with Crippen LogP contribution in [0.1, 0.15) is 5.56 Å². The van der Waals surface area contributed by atoms with Gasteiger partial charge in [0.1, 0.15) is 0 Å². The standard InChI is InChI=1S/C9H8N4O9/c14-7(15)9(22-13(18)19)8(21-12(16)17)20-6(11-9)5-2-1-3-10-4-5/h1-4,7-8,14-15H. The summed E-state index contributed by atoms with van der Waals surface area (Å²) in [6.07, 6.45) is -2.21. The predicted molar refractivity (Wildman–Crippen MR) is 62.8 cm³/mol. The summed E-state index contributed by atoms with van der Waals surface area (Å²) < 4.78 is 4.93. The smallest absolute Gasteiger partial charge is 0.322 e. The predicted octanol–water partition coefficient (Wildman–Crippen LogP) is -1.39. The fourth-order valence-electron chi connectivity index (χ4n) is 1.63. The molecule has 13 heteroatoms. The van der Waals surface area contributed by atoms with Crippen molar-refractivity contribution in [2.75, 3.05) is 0 Å². The second-order valence-corrected chi connectivity index (χ2v) is 3.88. The molecule has 22 heavy (non-hydrogen) atoms. The summed E-state index contributed by atoms with van der Waals surface area (Å²) in [4.78, 5) is 36.4. The van der Waals surface area contributed by atoms with Crippen molar-refractivity contribution >= 4 is 5.90 Å². The maximum Gasteiger partial charge on any atom is 0.322 e. The van der Waals surface area contributed by atoms with Crippen LogP contribution in [0.2, 0.25) is 0 Å². The molecule has 0 fully saturated rings. The van der Waals surface area contributed by atoms with Gasteiger partial charge in [-0.05, 0) is 12.1 Å². The van der Waals surface area contributed by atoms with Crippen molar-refractivity contribution in [2.45, 2.75) is 18.3 Å². The van der Waals surface area contributed by atoms with Crippen LogP contribution >= 0.6 is 0 Å². The van der Waals surface area contributed by atoms with Crippen molar-refractivity contribution in [3.8, 4) is 0 Å². The molecule has 0 aromatic carbocycles. The lowest BCUT2D eigenvalue weighted by atomic mass is 10.2. The minimum absolute atomic E-state index is 0.161. The Bertz CT molecular complexity index is 606. The molecule has 2 unspecified atom stereocenters. The monoisotopic (exact) mass is 316 g/mol. The molecule has 0 radical (unpaired) electrons. The van der Waals surface area contributed by atoms with Gasteiger partial charge in [0, 0.05) is 12.4 Å². The topological polar surface area (TPSA) is 180 Å². The number of aliphatic hydroxyl groups excluding tert-OH is 1. The molecule has 2 heterocycles. The largest absolute Gasteiger partial charge is 0.442 e. The first-order valence-corrected chi connectivity index (χ1v) is 5.53. The van der Waals surface area contributed by atoms with Crippen molar-refractivity contribution in [2.24, 2.45) is 4.99 Å². The Morgan fingerprint density at radius 2 is 2.09 bits per heavy atom. The maximum absolute atomic E-state index is 10.5. The number of aliphatic imine (C=N–C) groups is 1. The van der Waals surface area contributed by atoms with Crippen LogP contribution in [-0.2, 0) is 14.4 Å². The van der Waals surface area contributed by atoms with Crippen LogP contribution < -0.4 is 0 Å². The fourth-order valence-corrected chi connectivity index (χ4v) is 1.63. The Labute approximate surface area is 120 Å². The molecular formula is C9H8N4O9. The second kappa shape index (κ2) is 5.74. The quantitative estimate of drug-likeness (QED) is 0.360. The summed E-state index contributed by atoms with van der Waals surface area (Å²) in [5, 5.41) is 36.9. The minimum Gasteiger partial charge on any atom is -0.442 e. The van der Waals surface area contributed by atoms with Gasteiger partial charge in [-0.2, -0.15) is 0 Å². The lowest BCUT2D eigenvalue weighted by Gasteiger charge is -2.27. The van der Waals surface area contributed by atoms with Crippen LogP contribution in [-0.4, -0.2) is 49.6 Å². The van der Waals surface area contributed by atoms with E-state index < -0.39 is 34.4 Å². The molecule has 2 N–H and O–H groups in total. The number of ether oxygens (including phenoxy) is 1. The Kier molecular flexibility index (Phi) is 4.00. The summed E-state index contributed by atoms with van der Waals surface area (Å²) in [5.74, 6) is -0.407. The van der Waals surface area contributed by atoms with Crippen molar-refractivity contribution < 1.29 is 34.8 Å². The third-order valence-corrected chi connectivity index (χ3v) is 2.51. The van der Waals surface area contributed by atoms with Gasteiger partial charge < -0.3 is 14.9 Å². The van der Waals surface area contributed by atoms with E-state index in [0.29, 0.717) is 0 Å². The van der Waals surface area contributed by atoms with Gasteiger partial charge in [0.2, 0.25) is 12.2 Å². The van der Waals surface area contributed by atoms with Gasteiger partial charge >= 0.3 is 12.0 Å². The van der Waals surface area contributed by atoms with Crippen molar-refractivity contribution in [1.29, 1.82) is 0 Å². The summed E-state index contributed by atoms with van der Waals surface area (Å²) in [6, 6.07) is 2.88. The molecule has 1 aromatic rings. The zero-order valence-electron chi connectivity index (χ0n) is 10.5. The van der Waals surface area contributed by atoms with E-state index in [2.05, 4.69) is 19.7 Å². The molecule has 2 rings (SSSR count). The van der Waals surface area contributed by atoms with Crippen LogP contribution in [0, 0.1) is 20.2 Å². The molecule has 0 bridgehead atoms. The van der Waals surface area contributed by atoms with Gasteiger partial charge in [-0.15, -0.1) is 20.2 Å². The average Bonchev–Trinajstić information content (AvgIpc) is 2.78. The number of aliphatic hydroxyl groups is 2. The average molecular weight is 316 g/mol. The first-order chi connectivity index (χ1) is 10.3. The zero-order chi connectivity index (χ0) is 16.3. The number of hydrogen-bond acceptors (Lipinski definition) is 11. The summed E-state index contributed by atoms with van der Waals surface area (Å²) in [5.41, 5.74) is -2.71. The molecule has 1 aromatic heterocycles. The van der Waals surface area contributed by atoms with Crippen LogP contribution in [0.4, 0.5) is 0 Å². The molecule has 1 aliphatic heterocycles. The van der Waals surface area contributed by atoms with Gasteiger partial charge in [0.05, 0.1) is 5.56 Å².